The van der Waals surface area contributed by atoms with Crippen molar-refractivity contribution in [2.24, 2.45) is 0 Å². The van der Waals surface area contributed by atoms with E-state index in [4.69, 9.17) is 11.6 Å². The van der Waals surface area contributed by atoms with Gasteiger partial charge in [0.1, 0.15) is 0 Å². The van der Waals surface area contributed by atoms with Gasteiger partial charge in [-0.25, -0.2) is 0 Å². The number of amides is 1. The minimum absolute atomic E-state index is 0.0305. The van der Waals surface area contributed by atoms with Gasteiger partial charge in [-0.15, -0.1) is 11.8 Å². The number of aliphatic hydroxyl groups is 1. The molecule has 0 saturated heterocycles. The fourth-order valence-electron chi connectivity index (χ4n) is 3.25. The van der Waals surface area contributed by atoms with Crippen LogP contribution in [0.15, 0.2) is 47.4 Å². The molecule has 1 aliphatic heterocycles. The highest BCUT2D eigenvalue weighted by molar-refractivity contribution is 8.00. The normalized spacial score (nSPS) is 17.5. The molecule has 3 nitrogen and oxygen atoms in total. The van der Waals surface area contributed by atoms with E-state index in [1.54, 1.807) is 19.1 Å². The molecule has 2 aromatic carbocycles. The van der Waals surface area contributed by atoms with Gasteiger partial charge in [0.05, 0.1) is 16.3 Å². The fraction of sp³-hybridized carbons (Fsp3) is 0.350. The summed E-state index contributed by atoms with van der Waals surface area (Å²) in [5.74, 6) is -0.528. The molecule has 11 heteroatoms. The van der Waals surface area contributed by atoms with Gasteiger partial charge in [0.2, 0.25) is 0 Å². The lowest BCUT2D eigenvalue weighted by molar-refractivity contribution is -0.376. The van der Waals surface area contributed by atoms with Gasteiger partial charge in [0.15, 0.2) is 0 Å². The van der Waals surface area contributed by atoms with E-state index in [1.165, 1.54) is 17.0 Å². The van der Waals surface area contributed by atoms with Crippen LogP contribution >= 0.6 is 23.4 Å². The molecule has 1 heterocycles. The van der Waals surface area contributed by atoms with Crippen molar-refractivity contribution in [3.8, 4) is 0 Å². The molecule has 0 spiro atoms. The van der Waals surface area contributed by atoms with Crippen molar-refractivity contribution in [1.82, 2.24) is 0 Å². The Morgan fingerprint density at radius 3 is 2.29 bits per heavy atom. The maximum absolute atomic E-state index is 13.3. The van der Waals surface area contributed by atoms with Gasteiger partial charge in [-0.1, -0.05) is 36.7 Å². The summed E-state index contributed by atoms with van der Waals surface area (Å²) in [5, 5.41) is 9.60. The van der Waals surface area contributed by atoms with E-state index in [2.05, 4.69) is 0 Å². The average Bonchev–Trinajstić information content (AvgIpc) is 2.70. The van der Waals surface area contributed by atoms with E-state index in [9.17, 15) is 36.2 Å². The highest BCUT2D eigenvalue weighted by Gasteiger charge is 2.71. The monoisotopic (exact) mass is 483 g/mol. The summed E-state index contributed by atoms with van der Waals surface area (Å²) in [6.45, 7) is 1.98. The molecule has 0 radical (unpaired) electrons. The number of alkyl halides is 6. The number of benzene rings is 2. The molecule has 0 aromatic heterocycles. The number of fused-ring (bicyclic) bond motifs is 1. The van der Waals surface area contributed by atoms with Gasteiger partial charge in [0.25, 0.3) is 11.5 Å². The highest BCUT2D eigenvalue weighted by atomic mass is 35.5. The topological polar surface area (TPSA) is 40.5 Å². The van der Waals surface area contributed by atoms with Crippen LogP contribution in [0, 0.1) is 0 Å². The Labute approximate surface area is 183 Å². The molecule has 3 rings (SSSR count). The Balaban J connectivity index is 2.13. The van der Waals surface area contributed by atoms with E-state index < -0.39 is 29.4 Å². The zero-order valence-electron chi connectivity index (χ0n) is 15.9. The number of thioether (sulfide) groups is 1. The quantitative estimate of drug-likeness (QED) is 0.530. The number of nitrogens with zero attached hydrogens (tertiary/aromatic N) is 1. The van der Waals surface area contributed by atoms with Crippen LogP contribution in [0.1, 0.15) is 29.3 Å². The molecular formula is C20H16ClF6NO2S. The molecule has 2 aromatic rings. The number of hydrogen-bond acceptors (Lipinski definition) is 3. The van der Waals surface area contributed by atoms with Crippen molar-refractivity contribution in [1.29, 1.82) is 0 Å². The van der Waals surface area contributed by atoms with Crippen molar-refractivity contribution in [3.05, 3.63) is 58.6 Å². The summed E-state index contributed by atoms with van der Waals surface area (Å²) in [6.07, 6.45) is -11.5. The smallest absolute Gasteiger partial charge is 0.369 e. The molecule has 168 valence electrons. The predicted octanol–water partition coefficient (Wildman–Crippen LogP) is 6.18. The average molecular weight is 484 g/mol. The van der Waals surface area contributed by atoms with Gasteiger partial charge in [0, 0.05) is 22.3 Å². The fourth-order valence-corrected chi connectivity index (χ4v) is 4.71. The van der Waals surface area contributed by atoms with Crippen LogP contribution in [-0.4, -0.2) is 35.2 Å². The van der Waals surface area contributed by atoms with Crippen molar-refractivity contribution in [2.45, 2.75) is 41.4 Å². The first-order chi connectivity index (χ1) is 14.3. The van der Waals surface area contributed by atoms with E-state index >= 15 is 0 Å². The highest BCUT2D eigenvalue weighted by Crippen LogP contribution is 2.52. The summed E-state index contributed by atoms with van der Waals surface area (Å²) in [7, 11) is 0. The molecule has 0 unspecified atom stereocenters. The van der Waals surface area contributed by atoms with Crippen LogP contribution in [0.25, 0.3) is 0 Å². The first kappa shape index (κ1) is 23.7. The maximum atomic E-state index is 13.3. The number of rotatable bonds is 3. The maximum Gasteiger partial charge on any atom is 0.430 e. The predicted molar refractivity (Wildman–Crippen MR) is 106 cm³/mol. The SMILES string of the molecule is CC[C@H]1CN(C(=O)c2ccccc2Cl)c2ccc(C(O)(C(F)(F)F)C(F)(F)F)cc2S1. The lowest BCUT2D eigenvalue weighted by atomic mass is 9.92. The summed E-state index contributed by atoms with van der Waals surface area (Å²) in [4.78, 5) is 14.4. The standard InChI is InChI=1S/C20H16ClF6NO2S/c1-2-12-10-28(17(29)13-5-3-4-6-14(13)21)15-8-7-11(9-16(15)31-12)18(30,19(22,23)24)20(25,26)27/h3-9,12,30H,2,10H2,1H3/t12-/m0/s1. The van der Waals surface area contributed by atoms with Crippen LogP contribution in [0.3, 0.4) is 0 Å². The molecule has 0 fully saturated rings. The summed E-state index contributed by atoms with van der Waals surface area (Å²) in [6, 6.07) is 8.37. The molecular weight excluding hydrogens is 468 g/mol. The first-order valence-corrected chi connectivity index (χ1v) is 10.3. The lowest BCUT2D eigenvalue weighted by Gasteiger charge is -2.36. The van der Waals surface area contributed by atoms with Gasteiger partial charge >= 0.3 is 12.4 Å². The Bertz CT molecular complexity index is 980. The molecule has 1 N–H and O–H groups in total. The lowest BCUT2D eigenvalue weighted by Crippen LogP contribution is -2.54. The zero-order valence-corrected chi connectivity index (χ0v) is 17.5. The first-order valence-electron chi connectivity index (χ1n) is 9.04. The molecule has 0 bridgehead atoms. The van der Waals surface area contributed by atoms with Gasteiger partial charge in [-0.2, -0.15) is 26.3 Å². The second-order valence-electron chi connectivity index (χ2n) is 6.93. The Morgan fingerprint density at radius 2 is 1.74 bits per heavy atom. The second kappa shape index (κ2) is 8.22. The molecule has 1 amide bonds. The molecule has 0 saturated carbocycles. The van der Waals surface area contributed by atoms with Crippen molar-refractivity contribution < 1.29 is 36.2 Å². The minimum atomic E-state index is -5.99. The Kier molecular flexibility index (Phi) is 6.29. The molecule has 1 aliphatic rings. The number of hydrogen-bond donors (Lipinski definition) is 1. The van der Waals surface area contributed by atoms with E-state index in [-0.39, 0.29) is 33.0 Å². The molecule has 1 atom stereocenters. The number of halogens is 7. The van der Waals surface area contributed by atoms with E-state index in [0.717, 1.165) is 17.8 Å². The minimum Gasteiger partial charge on any atom is -0.369 e. The Morgan fingerprint density at radius 1 is 1.13 bits per heavy atom. The Hall–Kier alpha value is -1.91. The largest absolute Gasteiger partial charge is 0.430 e. The molecule has 31 heavy (non-hydrogen) atoms. The summed E-state index contributed by atoms with van der Waals surface area (Å²) >= 11 is 7.14. The second-order valence-corrected chi connectivity index (χ2v) is 8.68. The van der Waals surface area contributed by atoms with Gasteiger partial charge < -0.3 is 10.0 Å². The summed E-state index contributed by atoms with van der Waals surface area (Å²) in [5.41, 5.74) is -6.09. The summed E-state index contributed by atoms with van der Waals surface area (Å²) < 4.78 is 79.7. The van der Waals surface area contributed by atoms with Gasteiger partial charge in [-0.05, 0) is 30.7 Å². The third-order valence-electron chi connectivity index (χ3n) is 4.97. The third kappa shape index (κ3) is 4.12. The number of carbonyl (C=O) groups excluding carboxylic acids is 1. The van der Waals surface area contributed by atoms with Crippen LogP contribution in [0.2, 0.25) is 5.02 Å². The zero-order chi connectivity index (χ0) is 23.2. The van der Waals surface area contributed by atoms with Crippen LogP contribution in [0.5, 0.6) is 0 Å². The van der Waals surface area contributed by atoms with E-state index in [0.29, 0.717) is 18.6 Å². The van der Waals surface area contributed by atoms with E-state index in [1.807, 2.05) is 0 Å². The van der Waals surface area contributed by atoms with Crippen LogP contribution < -0.4 is 4.90 Å². The third-order valence-corrected chi connectivity index (χ3v) is 6.70. The van der Waals surface area contributed by atoms with Gasteiger partial charge in [-0.3, -0.25) is 4.79 Å². The van der Waals surface area contributed by atoms with Crippen molar-refractivity contribution in [2.75, 3.05) is 11.4 Å². The van der Waals surface area contributed by atoms with Crippen molar-refractivity contribution in [3.63, 3.8) is 0 Å². The number of carbonyl (C=O) groups is 1. The van der Waals surface area contributed by atoms with Crippen molar-refractivity contribution >= 4 is 35.0 Å². The van der Waals surface area contributed by atoms with Crippen LogP contribution in [0.4, 0.5) is 32.0 Å². The van der Waals surface area contributed by atoms with Crippen LogP contribution in [-0.2, 0) is 5.60 Å². The molecule has 0 aliphatic carbocycles. The number of anilines is 1.